The van der Waals surface area contributed by atoms with E-state index in [0.29, 0.717) is 38.6 Å². The number of rotatable bonds is 7. The molecule has 0 bridgehead atoms. The first kappa shape index (κ1) is 36.1. The molecule has 2 heterocycles. The van der Waals surface area contributed by atoms with Crippen molar-refractivity contribution in [1.29, 1.82) is 0 Å². The normalized spacial score (nSPS) is 11.5. The standard InChI is InChI=1S/C20H17F3N2O2.C17H10F3NO3/c1-12(2)25-19(26)13-3-8-17-14(9-13)10-24-11-18(17)27-16-6-4-15(5-7-16)20(21,22)23;18-17(19,20)12-2-4-13(5-3-12)24-15-9-21-8-11-7-10(16(22)23)1-6-14(11)15/h3-12H,1-2H3,(H,25,26);1-9H,(H,22,23). The van der Waals surface area contributed by atoms with Crippen LogP contribution >= 0.6 is 0 Å². The van der Waals surface area contributed by atoms with Gasteiger partial charge >= 0.3 is 18.3 Å². The number of alkyl halides is 6. The summed E-state index contributed by atoms with van der Waals surface area (Å²) in [5, 5.41) is 14.4. The molecule has 0 unspecified atom stereocenters. The molecular formula is C37H27F6N3O5. The Balaban J connectivity index is 0.000000199. The largest absolute Gasteiger partial charge is 0.478 e. The molecule has 8 nitrogen and oxygen atoms in total. The average Bonchev–Trinajstić information content (AvgIpc) is 3.08. The van der Waals surface area contributed by atoms with Crippen molar-refractivity contribution in [2.75, 3.05) is 0 Å². The number of carboxylic acid groups (broad SMARTS) is 1. The van der Waals surface area contributed by atoms with Crippen LogP contribution in [0.1, 0.15) is 45.7 Å². The summed E-state index contributed by atoms with van der Waals surface area (Å²) < 4.78 is 86.9. The van der Waals surface area contributed by atoms with Crippen molar-refractivity contribution < 1.29 is 50.5 Å². The summed E-state index contributed by atoms with van der Waals surface area (Å²) in [5.41, 5.74) is -0.913. The van der Waals surface area contributed by atoms with Gasteiger partial charge in [-0.3, -0.25) is 14.8 Å². The number of benzene rings is 4. The van der Waals surface area contributed by atoms with Crippen LogP contribution in [0.5, 0.6) is 23.0 Å². The molecule has 0 aliphatic carbocycles. The summed E-state index contributed by atoms with van der Waals surface area (Å²) in [4.78, 5) is 31.2. The predicted octanol–water partition coefficient (Wildman–Crippen LogP) is 9.93. The molecule has 0 fully saturated rings. The van der Waals surface area contributed by atoms with Gasteiger partial charge in [-0.1, -0.05) is 0 Å². The number of nitrogens with zero attached hydrogens (tertiary/aromatic N) is 2. The number of aromatic carboxylic acids is 1. The molecule has 262 valence electrons. The van der Waals surface area contributed by atoms with Crippen molar-refractivity contribution >= 4 is 33.4 Å². The number of carboxylic acids is 1. The maximum Gasteiger partial charge on any atom is 0.416 e. The molecule has 6 aromatic rings. The summed E-state index contributed by atoms with van der Waals surface area (Å²) in [7, 11) is 0. The first-order valence-corrected chi connectivity index (χ1v) is 15.1. The van der Waals surface area contributed by atoms with Crippen molar-refractivity contribution in [3.63, 3.8) is 0 Å². The number of fused-ring (bicyclic) bond motifs is 2. The lowest BCUT2D eigenvalue weighted by Gasteiger charge is -2.12. The van der Waals surface area contributed by atoms with E-state index < -0.39 is 29.4 Å². The predicted molar refractivity (Wildman–Crippen MR) is 176 cm³/mol. The second kappa shape index (κ2) is 14.7. The molecule has 6 rings (SSSR count). The van der Waals surface area contributed by atoms with Crippen LogP contribution in [0.25, 0.3) is 21.5 Å². The van der Waals surface area contributed by atoms with E-state index in [1.54, 1.807) is 30.5 Å². The third-order valence-corrected chi connectivity index (χ3v) is 7.19. The summed E-state index contributed by atoms with van der Waals surface area (Å²) in [6.07, 6.45) is -2.82. The summed E-state index contributed by atoms with van der Waals surface area (Å²) in [5.74, 6) is -0.0577. The molecule has 14 heteroatoms. The molecule has 4 aromatic carbocycles. The van der Waals surface area contributed by atoms with Crippen molar-refractivity contribution in [3.05, 3.63) is 132 Å². The molecular weight excluding hydrogens is 680 g/mol. The number of halogens is 6. The van der Waals surface area contributed by atoms with Crippen molar-refractivity contribution in [3.8, 4) is 23.0 Å². The highest BCUT2D eigenvalue weighted by molar-refractivity contribution is 6.00. The Kier molecular flexibility index (Phi) is 10.4. The van der Waals surface area contributed by atoms with Crippen molar-refractivity contribution in [1.82, 2.24) is 15.3 Å². The Labute approximate surface area is 286 Å². The highest BCUT2D eigenvalue weighted by atomic mass is 19.4. The lowest BCUT2D eigenvalue weighted by Crippen LogP contribution is -2.29. The fourth-order valence-electron chi connectivity index (χ4n) is 4.76. The van der Waals surface area contributed by atoms with Gasteiger partial charge in [0.05, 0.1) is 29.1 Å². The smallest absolute Gasteiger partial charge is 0.416 e. The van der Waals surface area contributed by atoms with E-state index in [2.05, 4.69) is 15.3 Å². The number of carbonyl (C=O) groups excluding carboxylic acids is 1. The Morgan fingerprint density at radius 2 is 1.04 bits per heavy atom. The van der Waals surface area contributed by atoms with Gasteiger partial charge in [0.1, 0.15) is 11.5 Å². The summed E-state index contributed by atoms with van der Waals surface area (Å²) in [6.45, 7) is 3.74. The zero-order chi connectivity index (χ0) is 36.9. The lowest BCUT2D eigenvalue weighted by atomic mass is 10.1. The first-order valence-electron chi connectivity index (χ1n) is 15.1. The minimum absolute atomic E-state index is 0.0145. The molecule has 0 atom stereocenters. The molecule has 2 N–H and O–H groups in total. The van der Waals surface area contributed by atoms with Gasteiger partial charge in [-0.25, -0.2) is 4.79 Å². The van der Waals surface area contributed by atoms with Gasteiger partial charge in [0.25, 0.3) is 5.91 Å². The number of pyridine rings is 2. The number of hydrogen-bond acceptors (Lipinski definition) is 6. The monoisotopic (exact) mass is 707 g/mol. The zero-order valence-corrected chi connectivity index (χ0v) is 26.7. The molecule has 0 saturated heterocycles. The maximum absolute atomic E-state index is 12.7. The zero-order valence-electron chi connectivity index (χ0n) is 26.7. The Morgan fingerprint density at radius 3 is 1.43 bits per heavy atom. The molecule has 51 heavy (non-hydrogen) atoms. The van der Waals surface area contributed by atoms with E-state index in [9.17, 15) is 35.9 Å². The maximum atomic E-state index is 12.7. The molecule has 0 saturated carbocycles. The Hall–Kier alpha value is -6.18. The summed E-state index contributed by atoms with van der Waals surface area (Å²) >= 11 is 0. The van der Waals surface area contributed by atoms with Gasteiger partial charge in [0.15, 0.2) is 11.5 Å². The molecule has 0 aliphatic heterocycles. The van der Waals surface area contributed by atoms with Crippen LogP contribution in [-0.2, 0) is 12.4 Å². The van der Waals surface area contributed by atoms with Gasteiger partial charge < -0.3 is 19.9 Å². The second-order valence-electron chi connectivity index (χ2n) is 11.3. The van der Waals surface area contributed by atoms with Crippen molar-refractivity contribution in [2.24, 2.45) is 0 Å². The van der Waals surface area contributed by atoms with Gasteiger partial charge in [-0.05, 0) is 98.8 Å². The number of nitrogens with one attached hydrogen (secondary N) is 1. The minimum Gasteiger partial charge on any atom is -0.478 e. The third-order valence-electron chi connectivity index (χ3n) is 7.19. The van der Waals surface area contributed by atoms with Crippen LogP contribution in [0.4, 0.5) is 26.3 Å². The van der Waals surface area contributed by atoms with E-state index >= 15 is 0 Å². The highest BCUT2D eigenvalue weighted by Crippen LogP contribution is 2.35. The number of ether oxygens (including phenoxy) is 2. The van der Waals surface area contributed by atoms with Crippen molar-refractivity contribution in [2.45, 2.75) is 32.2 Å². The number of carbonyl (C=O) groups is 2. The van der Waals surface area contributed by atoms with Gasteiger partial charge in [0.2, 0.25) is 0 Å². The van der Waals surface area contributed by atoms with E-state index in [4.69, 9.17) is 14.6 Å². The van der Waals surface area contributed by atoms with E-state index in [1.165, 1.54) is 55.0 Å². The van der Waals surface area contributed by atoms with Crippen LogP contribution in [0.3, 0.4) is 0 Å². The van der Waals surface area contributed by atoms with Crippen LogP contribution in [0.2, 0.25) is 0 Å². The number of hydrogen-bond donors (Lipinski definition) is 2. The van der Waals surface area contributed by atoms with Crippen LogP contribution < -0.4 is 14.8 Å². The molecule has 0 radical (unpaired) electrons. The lowest BCUT2D eigenvalue weighted by molar-refractivity contribution is -0.138. The number of amides is 1. The Morgan fingerprint density at radius 1 is 0.627 bits per heavy atom. The van der Waals surface area contributed by atoms with E-state index in [1.807, 2.05) is 13.8 Å². The quantitative estimate of drug-likeness (QED) is 0.159. The van der Waals surface area contributed by atoms with E-state index in [-0.39, 0.29) is 29.0 Å². The molecule has 1 amide bonds. The fraction of sp³-hybridized carbons (Fsp3) is 0.135. The second-order valence-corrected chi connectivity index (χ2v) is 11.3. The van der Waals surface area contributed by atoms with Gasteiger partial charge in [-0.2, -0.15) is 26.3 Å². The summed E-state index contributed by atoms with van der Waals surface area (Å²) in [6, 6.07) is 18.3. The van der Waals surface area contributed by atoms with Crippen LogP contribution in [-0.4, -0.2) is 33.0 Å². The SMILES string of the molecule is CC(C)NC(=O)c1ccc2c(Oc3ccc(C(F)(F)F)cc3)cncc2c1.O=C(O)c1ccc2c(Oc3ccc(C(F)(F)F)cc3)cncc2c1. The van der Waals surface area contributed by atoms with Crippen LogP contribution in [0.15, 0.2) is 110 Å². The minimum atomic E-state index is -4.41. The first-order chi connectivity index (χ1) is 24.1. The number of aromatic nitrogens is 2. The third kappa shape index (κ3) is 9.09. The highest BCUT2D eigenvalue weighted by Gasteiger charge is 2.31. The Bertz CT molecular complexity index is 2190. The van der Waals surface area contributed by atoms with Gasteiger partial charge in [0, 0.05) is 45.5 Å². The fourth-order valence-corrected chi connectivity index (χ4v) is 4.76. The topological polar surface area (TPSA) is 111 Å². The van der Waals surface area contributed by atoms with Gasteiger partial charge in [-0.15, -0.1) is 0 Å². The molecule has 0 aliphatic rings. The molecule has 0 spiro atoms. The average molecular weight is 708 g/mol. The van der Waals surface area contributed by atoms with Crippen LogP contribution in [0, 0.1) is 0 Å². The molecule has 2 aromatic heterocycles. The van der Waals surface area contributed by atoms with E-state index in [0.717, 1.165) is 24.3 Å².